The molecule has 0 saturated carbocycles. The number of amides is 1. The van der Waals surface area contributed by atoms with Crippen LogP contribution in [-0.2, 0) is 0 Å². The molecule has 1 heterocycles. The Bertz CT molecular complexity index is 940. The van der Waals surface area contributed by atoms with Crippen LogP contribution in [0.2, 0.25) is 0 Å². The number of ether oxygens (including phenoxy) is 2. The molecule has 5 nitrogen and oxygen atoms in total. The second-order valence-electron chi connectivity index (χ2n) is 5.87. The van der Waals surface area contributed by atoms with Crippen molar-refractivity contribution in [3.8, 4) is 22.6 Å². The number of hydrogen-bond donors (Lipinski definition) is 1. The van der Waals surface area contributed by atoms with E-state index in [1.54, 1.807) is 38.6 Å². The van der Waals surface area contributed by atoms with Gasteiger partial charge in [-0.1, -0.05) is 29.8 Å². The lowest BCUT2D eigenvalue weighted by Gasteiger charge is -2.06. The standard InChI is InChI=1S/C21H20N2O3S/c1-14-4-6-16(7-5-14)19-8-9-27-20(19)21(24)23-22-13-15-10-17(25-2)12-18(11-15)26-3/h4-13H,1-3H3,(H,23,24)/b22-13-. The van der Waals surface area contributed by atoms with E-state index in [9.17, 15) is 4.79 Å². The number of nitrogens with zero attached hydrogens (tertiary/aromatic N) is 1. The lowest BCUT2D eigenvalue weighted by molar-refractivity contribution is 0.0960. The van der Waals surface area contributed by atoms with E-state index in [1.165, 1.54) is 16.9 Å². The highest BCUT2D eigenvalue weighted by Crippen LogP contribution is 2.28. The van der Waals surface area contributed by atoms with Gasteiger partial charge in [-0.2, -0.15) is 5.10 Å². The van der Waals surface area contributed by atoms with E-state index in [-0.39, 0.29) is 5.91 Å². The van der Waals surface area contributed by atoms with Gasteiger partial charge in [-0.15, -0.1) is 11.3 Å². The maximum Gasteiger partial charge on any atom is 0.282 e. The number of nitrogens with one attached hydrogen (secondary N) is 1. The van der Waals surface area contributed by atoms with E-state index in [2.05, 4.69) is 10.5 Å². The average Bonchev–Trinajstić information content (AvgIpc) is 3.18. The summed E-state index contributed by atoms with van der Waals surface area (Å²) in [5, 5.41) is 5.97. The first kappa shape index (κ1) is 18.7. The van der Waals surface area contributed by atoms with E-state index in [4.69, 9.17) is 9.47 Å². The summed E-state index contributed by atoms with van der Waals surface area (Å²) in [4.78, 5) is 13.2. The van der Waals surface area contributed by atoms with Gasteiger partial charge in [-0.3, -0.25) is 4.79 Å². The number of methoxy groups -OCH3 is 2. The van der Waals surface area contributed by atoms with Crippen molar-refractivity contribution in [1.82, 2.24) is 5.43 Å². The number of aryl methyl sites for hydroxylation is 1. The fourth-order valence-electron chi connectivity index (χ4n) is 2.57. The number of carbonyl (C=O) groups excluding carboxylic acids is 1. The summed E-state index contributed by atoms with van der Waals surface area (Å²) in [6, 6.07) is 15.4. The topological polar surface area (TPSA) is 59.9 Å². The van der Waals surface area contributed by atoms with Gasteiger partial charge in [-0.05, 0) is 36.1 Å². The highest BCUT2D eigenvalue weighted by atomic mass is 32.1. The molecule has 0 unspecified atom stereocenters. The van der Waals surface area contributed by atoms with Crippen molar-refractivity contribution in [3.05, 3.63) is 69.9 Å². The molecular formula is C21H20N2O3S. The van der Waals surface area contributed by atoms with Crippen LogP contribution in [0, 0.1) is 6.92 Å². The van der Waals surface area contributed by atoms with Gasteiger partial charge in [0, 0.05) is 17.2 Å². The molecule has 6 heteroatoms. The maximum atomic E-state index is 12.5. The third-order valence-corrected chi connectivity index (χ3v) is 4.90. The molecule has 1 N–H and O–H groups in total. The first-order valence-electron chi connectivity index (χ1n) is 8.31. The molecule has 0 radical (unpaired) electrons. The van der Waals surface area contributed by atoms with Gasteiger partial charge < -0.3 is 9.47 Å². The zero-order valence-corrected chi connectivity index (χ0v) is 16.2. The predicted octanol–water partition coefficient (Wildman–Crippen LogP) is 4.50. The first-order chi connectivity index (χ1) is 13.1. The Kier molecular flexibility index (Phi) is 5.88. The summed E-state index contributed by atoms with van der Waals surface area (Å²) in [5.74, 6) is 1.07. The van der Waals surface area contributed by atoms with Crippen molar-refractivity contribution in [2.75, 3.05) is 14.2 Å². The summed E-state index contributed by atoms with van der Waals surface area (Å²) in [6.07, 6.45) is 1.56. The number of benzene rings is 2. The van der Waals surface area contributed by atoms with Gasteiger partial charge in [0.05, 0.1) is 20.4 Å². The fourth-order valence-corrected chi connectivity index (χ4v) is 3.37. The van der Waals surface area contributed by atoms with Crippen molar-refractivity contribution in [2.45, 2.75) is 6.92 Å². The minimum Gasteiger partial charge on any atom is -0.497 e. The first-order valence-corrected chi connectivity index (χ1v) is 9.19. The maximum absolute atomic E-state index is 12.5. The summed E-state index contributed by atoms with van der Waals surface area (Å²) in [5.41, 5.74) is 6.44. The number of rotatable bonds is 6. The van der Waals surface area contributed by atoms with E-state index in [1.807, 2.05) is 42.6 Å². The van der Waals surface area contributed by atoms with Crippen molar-refractivity contribution in [2.24, 2.45) is 5.10 Å². The quantitative estimate of drug-likeness (QED) is 0.506. The summed E-state index contributed by atoms with van der Waals surface area (Å²) >= 11 is 1.39. The highest BCUT2D eigenvalue weighted by Gasteiger charge is 2.14. The van der Waals surface area contributed by atoms with Gasteiger partial charge in [-0.25, -0.2) is 5.43 Å². The van der Waals surface area contributed by atoms with Crippen molar-refractivity contribution < 1.29 is 14.3 Å². The third kappa shape index (κ3) is 4.54. The van der Waals surface area contributed by atoms with Crippen LogP contribution >= 0.6 is 11.3 Å². The summed E-state index contributed by atoms with van der Waals surface area (Å²) < 4.78 is 10.5. The number of thiophene rings is 1. The van der Waals surface area contributed by atoms with Crippen LogP contribution in [0.5, 0.6) is 11.5 Å². The molecular weight excluding hydrogens is 360 g/mol. The molecule has 1 aromatic heterocycles. The lowest BCUT2D eigenvalue weighted by atomic mass is 10.1. The Morgan fingerprint density at radius 2 is 1.70 bits per heavy atom. The molecule has 0 spiro atoms. The Labute approximate surface area is 162 Å². The molecule has 2 aromatic carbocycles. The average molecular weight is 380 g/mol. The van der Waals surface area contributed by atoms with Gasteiger partial charge in [0.2, 0.25) is 0 Å². The number of carbonyl (C=O) groups is 1. The Morgan fingerprint density at radius 3 is 2.33 bits per heavy atom. The molecule has 27 heavy (non-hydrogen) atoms. The van der Waals surface area contributed by atoms with Crippen LogP contribution in [0.4, 0.5) is 0 Å². The van der Waals surface area contributed by atoms with Crippen LogP contribution in [0.15, 0.2) is 59.0 Å². The molecule has 0 fully saturated rings. The molecule has 1 amide bonds. The zero-order chi connectivity index (χ0) is 19.2. The molecule has 0 saturated heterocycles. The minimum atomic E-state index is -0.244. The van der Waals surface area contributed by atoms with Crippen molar-refractivity contribution in [3.63, 3.8) is 0 Å². The largest absolute Gasteiger partial charge is 0.497 e. The Hall–Kier alpha value is -3.12. The van der Waals surface area contributed by atoms with Crippen LogP contribution < -0.4 is 14.9 Å². The highest BCUT2D eigenvalue weighted by molar-refractivity contribution is 7.12. The van der Waals surface area contributed by atoms with E-state index in [0.29, 0.717) is 16.4 Å². The predicted molar refractivity (Wildman–Crippen MR) is 109 cm³/mol. The lowest BCUT2D eigenvalue weighted by Crippen LogP contribution is -2.17. The van der Waals surface area contributed by atoms with Crippen LogP contribution in [0.25, 0.3) is 11.1 Å². The van der Waals surface area contributed by atoms with Crippen LogP contribution in [0.3, 0.4) is 0 Å². The van der Waals surface area contributed by atoms with E-state index >= 15 is 0 Å². The van der Waals surface area contributed by atoms with Gasteiger partial charge in [0.15, 0.2) is 0 Å². The molecule has 3 rings (SSSR count). The smallest absolute Gasteiger partial charge is 0.282 e. The monoisotopic (exact) mass is 380 g/mol. The van der Waals surface area contributed by atoms with Crippen molar-refractivity contribution in [1.29, 1.82) is 0 Å². The minimum absolute atomic E-state index is 0.244. The molecule has 0 aliphatic heterocycles. The summed E-state index contributed by atoms with van der Waals surface area (Å²) in [6.45, 7) is 2.04. The molecule has 0 atom stereocenters. The summed E-state index contributed by atoms with van der Waals surface area (Å²) in [7, 11) is 3.17. The fraction of sp³-hybridized carbons (Fsp3) is 0.143. The normalized spacial score (nSPS) is 10.8. The molecule has 138 valence electrons. The van der Waals surface area contributed by atoms with Crippen molar-refractivity contribution >= 4 is 23.5 Å². The SMILES string of the molecule is COc1cc(/C=N\NC(=O)c2sccc2-c2ccc(C)cc2)cc(OC)c1. The van der Waals surface area contributed by atoms with Gasteiger partial charge >= 0.3 is 0 Å². The Morgan fingerprint density at radius 1 is 1.04 bits per heavy atom. The van der Waals surface area contributed by atoms with Crippen LogP contribution in [0.1, 0.15) is 20.8 Å². The van der Waals surface area contributed by atoms with Crippen LogP contribution in [-0.4, -0.2) is 26.3 Å². The van der Waals surface area contributed by atoms with E-state index < -0.39 is 0 Å². The Balaban J connectivity index is 1.75. The number of hydrogen-bond acceptors (Lipinski definition) is 5. The second kappa shape index (κ2) is 8.51. The van der Waals surface area contributed by atoms with Gasteiger partial charge in [0.25, 0.3) is 5.91 Å². The molecule has 0 aliphatic carbocycles. The third-order valence-electron chi connectivity index (χ3n) is 3.99. The molecule has 0 bridgehead atoms. The molecule has 3 aromatic rings. The van der Waals surface area contributed by atoms with E-state index in [0.717, 1.165) is 16.7 Å². The molecule has 0 aliphatic rings. The number of hydrazone groups is 1. The second-order valence-corrected chi connectivity index (χ2v) is 6.79. The zero-order valence-electron chi connectivity index (χ0n) is 15.4. The van der Waals surface area contributed by atoms with Gasteiger partial charge in [0.1, 0.15) is 16.4 Å².